The summed E-state index contributed by atoms with van der Waals surface area (Å²) in [6, 6.07) is 0.715. The molecule has 2 fully saturated rings. The molecule has 1 saturated carbocycles. The van der Waals surface area contributed by atoms with Crippen molar-refractivity contribution in [2.75, 3.05) is 13.1 Å². The monoisotopic (exact) mass is 250 g/mol. The molecular weight excluding hydrogens is 228 g/mol. The van der Waals surface area contributed by atoms with Crippen LogP contribution in [0, 0.1) is 0 Å². The molecule has 0 bridgehead atoms. The summed E-state index contributed by atoms with van der Waals surface area (Å²) >= 11 is 0. The van der Waals surface area contributed by atoms with Crippen LogP contribution in [0.15, 0.2) is 4.99 Å². The van der Waals surface area contributed by atoms with Crippen molar-refractivity contribution in [1.29, 1.82) is 0 Å². The summed E-state index contributed by atoms with van der Waals surface area (Å²) in [4.78, 5) is 19.3. The highest BCUT2D eigenvalue weighted by atomic mass is 16.2. The molecule has 3 rings (SSSR count). The Balaban J connectivity index is 1.74. The van der Waals surface area contributed by atoms with Crippen LogP contribution in [0.2, 0.25) is 0 Å². The fraction of sp³-hybridized carbons (Fsp3) is 0.846. The summed E-state index contributed by atoms with van der Waals surface area (Å²) in [5.74, 6) is 0.711. The van der Waals surface area contributed by atoms with Gasteiger partial charge in [-0.25, -0.2) is 4.99 Å². The molecule has 1 unspecified atom stereocenters. The number of hydrogen-bond acceptors (Lipinski definition) is 4. The molecule has 1 aliphatic carbocycles. The average Bonchev–Trinajstić information content (AvgIpc) is 2.93. The SMILES string of the molecule is CC(C)(C)NC1=NC2(CCN(C3CC3)C2)C(=O)N1. The minimum atomic E-state index is -0.518. The molecule has 1 saturated heterocycles. The van der Waals surface area contributed by atoms with Crippen molar-refractivity contribution in [2.45, 2.75) is 57.2 Å². The van der Waals surface area contributed by atoms with Crippen LogP contribution in [0.1, 0.15) is 40.0 Å². The van der Waals surface area contributed by atoms with Crippen molar-refractivity contribution in [3.8, 4) is 0 Å². The first-order valence-corrected chi connectivity index (χ1v) is 6.82. The number of guanidine groups is 1. The Hall–Kier alpha value is -1.10. The predicted molar refractivity (Wildman–Crippen MR) is 70.4 cm³/mol. The quantitative estimate of drug-likeness (QED) is 0.711. The van der Waals surface area contributed by atoms with E-state index >= 15 is 0 Å². The van der Waals surface area contributed by atoms with Gasteiger partial charge in [0.25, 0.3) is 5.91 Å². The van der Waals surface area contributed by atoms with Gasteiger partial charge in [-0.05, 0) is 40.0 Å². The molecule has 0 radical (unpaired) electrons. The summed E-state index contributed by atoms with van der Waals surface area (Å²) < 4.78 is 0. The molecule has 0 aromatic heterocycles. The van der Waals surface area contributed by atoms with Gasteiger partial charge >= 0.3 is 0 Å². The lowest BCUT2D eigenvalue weighted by molar-refractivity contribution is -0.123. The standard InChI is InChI=1S/C13H22N4O/c1-12(2,3)15-11-14-10(18)13(16-11)6-7-17(8-13)9-4-5-9/h9H,4-8H2,1-3H3,(H2,14,15,16,18). The van der Waals surface area contributed by atoms with E-state index in [9.17, 15) is 4.79 Å². The normalized spacial score (nSPS) is 32.8. The lowest BCUT2D eigenvalue weighted by Gasteiger charge is -2.21. The van der Waals surface area contributed by atoms with Crippen LogP contribution in [0.4, 0.5) is 0 Å². The van der Waals surface area contributed by atoms with E-state index in [2.05, 4.69) is 41.3 Å². The number of carbonyl (C=O) groups excluding carboxylic acids is 1. The number of rotatable bonds is 1. The second kappa shape index (κ2) is 3.70. The predicted octanol–water partition coefficient (Wildman–Crippen LogP) is 0.467. The van der Waals surface area contributed by atoms with Crippen LogP contribution < -0.4 is 10.6 Å². The topological polar surface area (TPSA) is 56.7 Å². The Labute approximate surface area is 108 Å². The van der Waals surface area contributed by atoms with Gasteiger partial charge in [0.2, 0.25) is 0 Å². The number of carbonyl (C=O) groups is 1. The number of aliphatic imine (C=N–C) groups is 1. The number of amides is 1. The third-order valence-corrected chi connectivity index (χ3v) is 3.81. The van der Waals surface area contributed by atoms with Gasteiger partial charge < -0.3 is 5.32 Å². The lowest BCUT2D eigenvalue weighted by atomic mass is 10.00. The average molecular weight is 250 g/mol. The summed E-state index contributed by atoms with van der Waals surface area (Å²) in [6.45, 7) is 8.00. The van der Waals surface area contributed by atoms with E-state index < -0.39 is 5.54 Å². The molecule has 2 heterocycles. The summed E-state index contributed by atoms with van der Waals surface area (Å²) in [6.07, 6.45) is 3.42. The van der Waals surface area contributed by atoms with Crippen molar-refractivity contribution in [2.24, 2.45) is 4.99 Å². The molecule has 5 heteroatoms. The number of nitrogens with zero attached hydrogens (tertiary/aromatic N) is 2. The number of likely N-dealkylation sites (tertiary alicyclic amines) is 1. The van der Waals surface area contributed by atoms with Gasteiger partial charge in [0.1, 0.15) is 0 Å². The zero-order chi connectivity index (χ0) is 13.0. The van der Waals surface area contributed by atoms with Crippen LogP contribution in [0.25, 0.3) is 0 Å². The zero-order valence-electron chi connectivity index (χ0n) is 11.4. The van der Waals surface area contributed by atoms with E-state index in [4.69, 9.17) is 0 Å². The first-order chi connectivity index (χ1) is 8.38. The van der Waals surface area contributed by atoms with Gasteiger partial charge in [-0.3, -0.25) is 15.0 Å². The second-order valence-corrected chi connectivity index (χ2v) is 6.77. The van der Waals surface area contributed by atoms with Crippen LogP contribution in [0.5, 0.6) is 0 Å². The third kappa shape index (κ3) is 2.11. The van der Waals surface area contributed by atoms with E-state index in [1.54, 1.807) is 0 Å². The molecule has 1 amide bonds. The highest BCUT2D eigenvalue weighted by Gasteiger charge is 2.51. The Kier molecular flexibility index (Phi) is 2.46. The maximum Gasteiger partial charge on any atom is 0.256 e. The van der Waals surface area contributed by atoms with Crippen LogP contribution >= 0.6 is 0 Å². The van der Waals surface area contributed by atoms with Gasteiger partial charge in [-0.15, -0.1) is 0 Å². The molecule has 100 valence electrons. The van der Waals surface area contributed by atoms with Crippen LogP contribution in [0.3, 0.4) is 0 Å². The first kappa shape index (κ1) is 12.0. The molecule has 2 aliphatic heterocycles. The minimum Gasteiger partial charge on any atom is -0.351 e. The van der Waals surface area contributed by atoms with Crippen LogP contribution in [-0.2, 0) is 4.79 Å². The smallest absolute Gasteiger partial charge is 0.256 e. The first-order valence-electron chi connectivity index (χ1n) is 6.82. The van der Waals surface area contributed by atoms with E-state index in [0.29, 0.717) is 12.0 Å². The molecule has 5 nitrogen and oxygen atoms in total. The van der Waals surface area contributed by atoms with Crippen molar-refractivity contribution in [3.63, 3.8) is 0 Å². The van der Waals surface area contributed by atoms with Gasteiger partial charge in [0.15, 0.2) is 11.5 Å². The Morgan fingerprint density at radius 1 is 1.44 bits per heavy atom. The minimum absolute atomic E-state index is 0.0670. The molecule has 2 N–H and O–H groups in total. The highest BCUT2D eigenvalue weighted by molar-refractivity contribution is 6.07. The van der Waals surface area contributed by atoms with Crippen molar-refractivity contribution in [1.82, 2.24) is 15.5 Å². The summed E-state index contributed by atoms with van der Waals surface area (Å²) in [7, 11) is 0. The number of hydrogen-bond donors (Lipinski definition) is 2. The largest absolute Gasteiger partial charge is 0.351 e. The fourth-order valence-corrected chi connectivity index (χ4v) is 2.78. The Bertz CT molecular complexity index is 408. The molecule has 18 heavy (non-hydrogen) atoms. The van der Waals surface area contributed by atoms with E-state index in [1.807, 2.05) is 0 Å². The fourth-order valence-electron chi connectivity index (χ4n) is 2.78. The molecule has 0 aromatic rings. The molecular formula is C13H22N4O. The molecule has 1 atom stereocenters. The van der Waals surface area contributed by atoms with Crippen molar-refractivity contribution >= 4 is 11.9 Å². The van der Waals surface area contributed by atoms with Gasteiger partial charge in [-0.1, -0.05) is 0 Å². The van der Waals surface area contributed by atoms with E-state index in [-0.39, 0.29) is 11.4 Å². The molecule has 1 spiro atoms. The van der Waals surface area contributed by atoms with E-state index in [0.717, 1.165) is 19.5 Å². The maximum atomic E-state index is 12.2. The molecule has 0 aromatic carbocycles. The Morgan fingerprint density at radius 2 is 2.17 bits per heavy atom. The van der Waals surface area contributed by atoms with Gasteiger partial charge in [-0.2, -0.15) is 0 Å². The van der Waals surface area contributed by atoms with Crippen LogP contribution in [-0.4, -0.2) is 47.0 Å². The van der Waals surface area contributed by atoms with Crippen molar-refractivity contribution in [3.05, 3.63) is 0 Å². The molecule has 3 aliphatic rings. The van der Waals surface area contributed by atoms with Gasteiger partial charge in [0, 0.05) is 24.7 Å². The Morgan fingerprint density at radius 3 is 2.78 bits per heavy atom. The van der Waals surface area contributed by atoms with Gasteiger partial charge in [0.05, 0.1) is 0 Å². The third-order valence-electron chi connectivity index (χ3n) is 3.81. The highest BCUT2D eigenvalue weighted by Crippen LogP contribution is 2.36. The number of nitrogens with one attached hydrogen (secondary N) is 2. The zero-order valence-corrected chi connectivity index (χ0v) is 11.4. The summed E-state index contributed by atoms with van der Waals surface area (Å²) in [5, 5.41) is 6.16. The van der Waals surface area contributed by atoms with E-state index in [1.165, 1.54) is 12.8 Å². The summed E-state index contributed by atoms with van der Waals surface area (Å²) in [5.41, 5.74) is -0.595. The second-order valence-electron chi connectivity index (χ2n) is 6.77. The van der Waals surface area contributed by atoms with Crippen molar-refractivity contribution < 1.29 is 4.79 Å². The maximum absolute atomic E-state index is 12.2. The lowest BCUT2D eigenvalue weighted by Crippen LogP contribution is -2.48.